The largest absolute Gasteiger partial charge is 0.380 e. The van der Waals surface area contributed by atoms with E-state index in [1.54, 1.807) is 13.4 Å². The second kappa shape index (κ2) is 7.76. The number of ether oxygens (including phenoxy) is 2. The first-order valence-corrected chi connectivity index (χ1v) is 9.90. The van der Waals surface area contributed by atoms with Crippen molar-refractivity contribution in [2.45, 2.75) is 69.9 Å². The summed E-state index contributed by atoms with van der Waals surface area (Å²) in [4.78, 5) is 11.4. The van der Waals surface area contributed by atoms with Gasteiger partial charge >= 0.3 is 0 Å². The molecule has 0 amide bonds. The normalized spacial score (nSPS) is 34.5. The molecule has 2 N–H and O–H groups in total. The van der Waals surface area contributed by atoms with Gasteiger partial charge in [0.2, 0.25) is 0 Å². The molecule has 4 rings (SSSR count). The van der Waals surface area contributed by atoms with E-state index in [1.165, 1.54) is 0 Å². The Morgan fingerprint density at radius 1 is 1.15 bits per heavy atom. The summed E-state index contributed by atoms with van der Waals surface area (Å²) in [6.45, 7) is 6.13. The standard InChI is InChI=1S/C19H31N5O2/c1-12(2)26-13-4-5-16-15(8-13)19(23-22-16)17-9-18(21-11-20-17)24-7-6-14(10-24)25-3/h9,11-16,19,22-23H,4-8,10H2,1-3H3/t13?,14-,15?,16?,19?/m1/s1. The van der Waals surface area contributed by atoms with E-state index in [-0.39, 0.29) is 12.1 Å². The average molecular weight is 361 g/mol. The molecule has 1 aromatic heterocycles. The molecule has 0 bridgehead atoms. The highest BCUT2D eigenvalue weighted by molar-refractivity contribution is 5.41. The molecule has 3 fully saturated rings. The van der Waals surface area contributed by atoms with E-state index in [9.17, 15) is 0 Å². The summed E-state index contributed by atoms with van der Waals surface area (Å²) in [5.74, 6) is 1.51. The van der Waals surface area contributed by atoms with Gasteiger partial charge in [0.1, 0.15) is 12.1 Å². The monoisotopic (exact) mass is 361 g/mol. The van der Waals surface area contributed by atoms with Crippen molar-refractivity contribution in [1.82, 2.24) is 20.8 Å². The summed E-state index contributed by atoms with van der Waals surface area (Å²) in [7, 11) is 1.78. The van der Waals surface area contributed by atoms with Crippen LogP contribution in [0.5, 0.6) is 0 Å². The Hall–Kier alpha value is -1.28. The third kappa shape index (κ3) is 3.71. The Morgan fingerprint density at radius 2 is 2.04 bits per heavy atom. The van der Waals surface area contributed by atoms with E-state index in [1.807, 2.05) is 0 Å². The van der Waals surface area contributed by atoms with Crippen LogP contribution in [0, 0.1) is 5.92 Å². The van der Waals surface area contributed by atoms with Crippen molar-refractivity contribution in [2.24, 2.45) is 5.92 Å². The molecule has 0 aromatic carbocycles. The van der Waals surface area contributed by atoms with Crippen LogP contribution in [0.4, 0.5) is 5.82 Å². The molecule has 1 aromatic rings. The third-order valence-electron chi connectivity index (χ3n) is 5.96. The summed E-state index contributed by atoms with van der Waals surface area (Å²) in [6.07, 6.45) is 7.03. The van der Waals surface area contributed by atoms with Gasteiger partial charge in [-0.15, -0.1) is 0 Å². The highest BCUT2D eigenvalue weighted by atomic mass is 16.5. The fourth-order valence-electron chi connectivity index (χ4n) is 4.65. The van der Waals surface area contributed by atoms with E-state index in [0.29, 0.717) is 24.2 Å². The lowest BCUT2D eigenvalue weighted by molar-refractivity contribution is -0.0276. The number of nitrogens with one attached hydrogen (secondary N) is 2. The maximum Gasteiger partial charge on any atom is 0.132 e. The molecule has 2 aliphatic heterocycles. The zero-order valence-corrected chi connectivity index (χ0v) is 16.0. The van der Waals surface area contributed by atoms with Crippen LogP contribution < -0.4 is 15.8 Å². The summed E-state index contributed by atoms with van der Waals surface area (Å²) in [5, 5.41) is 0. The van der Waals surface area contributed by atoms with E-state index in [2.05, 4.69) is 45.6 Å². The number of fused-ring (bicyclic) bond motifs is 1. The number of hydrogen-bond donors (Lipinski definition) is 2. The lowest BCUT2D eigenvalue weighted by atomic mass is 9.79. The molecule has 0 radical (unpaired) electrons. The fourth-order valence-corrected chi connectivity index (χ4v) is 4.65. The number of anilines is 1. The lowest BCUT2D eigenvalue weighted by Crippen LogP contribution is -2.38. The van der Waals surface area contributed by atoms with E-state index >= 15 is 0 Å². The molecule has 3 aliphatic rings. The van der Waals surface area contributed by atoms with Crippen LogP contribution in [-0.2, 0) is 9.47 Å². The number of nitrogens with zero attached hydrogens (tertiary/aromatic N) is 3. The maximum absolute atomic E-state index is 6.10. The van der Waals surface area contributed by atoms with Gasteiger partial charge in [-0.2, -0.15) is 0 Å². The number of aromatic nitrogens is 2. The minimum atomic E-state index is 0.209. The van der Waals surface area contributed by atoms with Gasteiger partial charge in [0.05, 0.1) is 30.0 Å². The molecule has 7 nitrogen and oxygen atoms in total. The van der Waals surface area contributed by atoms with Gasteiger partial charge in [-0.3, -0.25) is 5.43 Å². The summed E-state index contributed by atoms with van der Waals surface area (Å²) >= 11 is 0. The van der Waals surface area contributed by atoms with Crippen LogP contribution >= 0.6 is 0 Å². The highest BCUT2D eigenvalue weighted by Gasteiger charge is 2.42. The molecule has 2 saturated heterocycles. The van der Waals surface area contributed by atoms with Crippen molar-refractivity contribution in [3.05, 3.63) is 18.1 Å². The Labute approximate surface area is 155 Å². The quantitative estimate of drug-likeness (QED) is 0.829. The second-order valence-electron chi connectivity index (χ2n) is 8.05. The molecule has 3 heterocycles. The Balaban J connectivity index is 1.48. The predicted molar refractivity (Wildman–Crippen MR) is 99.8 cm³/mol. The van der Waals surface area contributed by atoms with Crippen molar-refractivity contribution in [1.29, 1.82) is 0 Å². The van der Waals surface area contributed by atoms with Crippen LogP contribution in [0.3, 0.4) is 0 Å². The fraction of sp³-hybridized carbons (Fsp3) is 0.789. The molecule has 1 aliphatic carbocycles. The smallest absolute Gasteiger partial charge is 0.132 e. The lowest BCUT2D eigenvalue weighted by Gasteiger charge is -2.34. The third-order valence-corrected chi connectivity index (χ3v) is 5.96. The Bertz CT molecular complexity index is 613. The molecule has 144 valence electrons. The predicted octanol–water partition coefficient (Wildman–Crippen LogP) is 1.81. The number of hydrazine groups is 1. The van der Waals surface area contributed by atoms with Crippen molar-refractivity contribution in [3.8, 4) is 0 Å². The summed E-state index contributed by atoms with van der Waals surface area (Å²) < 4.78 is 11.6. The van der Waals surface area contributed by atoms with Gasteiger partial charge in [-0.25, -0.2) is 15.4 Å². The number of methoxy groups -OCH3 is 1. The number of rotatable bonds is 5. The van der Waals surface area contributed by atoms with E-state index < -0.39 is 0 Å². The molecule has 5 atom stereocenters. The summed E-state index contributed by atoms with van der Waals surface area (Å²) in [6, 6.07) is 2.85. The Morgan fingerprint density at radius 3 is 2.81 bits per heavy atom. The Kier molecular flexibility index (Phi) is 5.40. The van der Waals surface area contributed by atoms with Crippen molar-refractivity contribution in [3.63, 3.8) is 0 Å². The van der Waals surface area contributed by atoms with Crippen LogP contribution in [0.1, 0.15) is 51.3 Å². The first-order valence-electron chi connectivity index (χ1n) is 9.90. The van der Waals surface area contributed by atoms with Gasteiger partial charge in [-0.1, -0.05) is 0 Å². The minimum absolute atomic E-state index is 0.209. The van der Waals surface area contributed by atoms with E-state index in [4.69, 9.17) is 9.47 Å². The molecule has 1 saturated carbocycles. The summed E-state index contributed by atoms with van der Waals surface area (Å²) in [5.41, 5.74) is 8.04. The molecular weight excluding hydrogens is 330 g/mol. The SMILES string of the molecule is CO[C@@H]1CCN(c2cc(C3NNC4CCC(OC(C)C)CC43)ncn2)C1. The zero-order chi connectivity index (χ0) is 18.1. The van der Waals surface area contributed by atoms with Gasteiger partial charge in [0.15, 0.2) is 0 Å². The van der Waals surface area contributed by atoms with Crippen LogP contribution in [-0.4, -0.2) is 54.5 Å². The minimum Gasteiger partial charge on any atom is -0.380 e. The first kappa shape index (κ1) is 18.1. The van der Waals surface area contributed by atoms with Crippen LogP contribution in [0.25, 0.3) is 0 Å². The van der Waals surface area contributed by atoms with Gasteiger partial charge in [0, 0.05) is 38.2 Å². The van der Waals surface area contributed by atoms with Gasteiger partial charge in [-0.05, 0) is 39.5 Å². The molecule has 7 heteroatoms. The van der Waals surface area contributed by atoms with Crippen molar-refractivity contribution < 1.29 is 9.47 Å². The average Bonchev–Trinajstić information content (AvgIpc) is 3.28. The van der Waals surface area contributed by atoms with Gasteiger partial charge < -0.3 is 14.4 Å². The van der Waals surface area contributed by atoms with Gasteiger partial charge in [0.25, 0.3) is 0 Å². The molecule has 0 spiro atoms. The van der Waals surface area contributed by atoms with Crippen LogP contribution in [0.15, 0.2) is 12.4 Å². The molecular formula is C19H31N5O2. The molecule has 4 unspecified atom stereocenters. The number of hydrogen-bond acceptors (Lipinski definition) is 7. The maximum atomic E-state index is 6.10. The first-order chi connectivity index (χ1) is 12.6. The van der Waals surface area contributed by atoms with E-state index in [0.717, 1.165) is 50.3 Å². The topological polar surface area (TPSA) is 71.5 Å². The molecule has 26 heavy (non-hydrogen) atoms. The second-order valence-corrected chi connectivity index (χ2v) is 8.05. The van der Waals surface area contributed by atoms with Crippen molar-refractivity contribution in [2.75, 3.05) is 25.1 Å². The zero-order valence-electron chi connectivity index (χ0n) is 16.0. The van der Waals surface area contributed by atoms with Crippen molar-refractivity contribution >= 4 is 5.82 Å². The highest BCUT2D eigenvalue weighted by Crippen LogP contribution is 2.39. The van der Waals surface area contributed by atoms with Crippen LogP contribution in [0.2, 0.25) is 0 Å².